The van der Waals surface area contributed by atoms with Crippen LogP contribution in [0.5, 0.6) is 11.5 Å². The Morgan fingerprint density at radius 3 is 2.22 bits per heavy atom. The summed E-state index contributed by atoms with van der Waals surface area (Å²) in [7, 11) is 0. The monoisotopic (exact) mass is 586 g/mol. The normalized spacial score (nSPS) is 16.2. The lowest BCUT2D eigenvalue weighted by atomic mass is 9.65. The third-order valence-corrected chi connectivity index (χ3v) is 9.72. The quantitative estimate of drug-likeness (QED) is 0.182. The van der Waals surface area contributed by atoms with Gasteiger partial charge in [-0.25, -0.2) is 0 Å². The third-order valence-electron chi connectivity index (χ3n) is 9.72. The molecule has 1 aliphatic carbocycles. The molecular formula is C45H30O. The van der Waals surface area contributed by atoms with E-state index in [0.717, 1.165) is 28.0 Å². The lowest BCUT2D eigenvalue weighted by molar-refractivity contribution is 0.487. The lowest BCUT2D eigenvalue weighted by Crippen LogP contribution is -2.29. The topological polar surface area (TPSA) is 9.23 Å². The van der Waals surface area contributed by atoms with Gasteiger partial charge in [0.05, 0.1) is 5.41 Å². The highest BCUT2D eigenvalue weighted by Crippen LogP contribution is 2.60. The molecule has 0 N–H and O–H groups in total. The first-order chi connectivity index (χ1) is 22.8. The summed E-state index contributed by atoms with van der Waals surface area (Å²) in [4.78, 5) is 0. The molecule has 0 radical (unpaired) electrons. The molecule has 46 heavy (non-hydrogen) atoms. The van der Waals surface area contributed by atoms with Crippen molar-refractivity contribution in [1.29, 1.82) is 0 Å². The number of hydrogen-bond acceptors (Lipinski definition) is 1. The standard InChI is InChI=1S/C45H30O/c1-2-3-5-22-38(32-26-28-41-37(29-32)35-21-12-15-31-16-13-24-42(46-41)43(31)35)45(33-17-6-4-7-18-33)39-23-11-10-20-36(39)44-34-19-9-8-14-30(34)25-27-40(44)45/h2-29H,1H2/b5-3-,38-22+. The van der Waals surface area contributed by atoms with Gasteiger partial charge in [-0.05, 0) is 78.9 Å². The van der Waals surface area contributed by atoms with Crippen LogP contribution in [0.4, 0.5) is 0 Å². The highest BCUT2D eigenvalue weighted by atomic mass is 16.5. The Bertz CT molecular complexity index is 2400. The van der Waals surface area contributed by atoms with Gasteiger partial charge in [-0.2, -0.15) is 0 Å². The maximum absolute atomic E-state index is 6.53. The van der Waals surface area contributed by atoms with Gasteiger partial charge in [0.25, 0.3) is 0 Å². The molecule has 1 aliphatic heterocycles. The molecule has 1 unspecified atom stereocenters. The molecule has 7 aromatic carbocycles. The second-order valence-electron chi connectivity index (χ2n) is 12.0. The number of benzene rings is 7. The Hall–Kier alpha value is -5.92. The van der Waals surface area contributed by atoms with Crippen molar-refractivity contribution < 1.29 is 4.74 Å². The SMILES string of the molecule is C=C/C=C\C=C(/c1ccc2c(c1)-c1cccc3cccc(c13)O2)C1(c2ccccc2)c2ccccc2-c2c1ccc1ccccc21. The molecule has 1 heteroatoms. The minimum Gasteiger partial charge on any atom is -0.456 e. The summed E-state index contributed by atoms with van der Waals surface area (Å²) >= 11 is 0. The van der Waals surface area contributed by atoms with Crippen molar-refractivity contribution >= 4 is 27.1 Å². The van der Waals surface area contributed by atoms with Crippen LogP contribution < -0.4 is 4.74 Å². The summed E-state index contributed by atoms with van der Waals surface area (Å²) in [5.41, 5.74) is 10.5. The Kier molecular flexibility index (Phi) is 5.94. The number of rotatable bonds is 5. The maximum Gasteiger partial charge on any atom is 0.135 e. The van der Waals surface area contributed by atoms with Crippen LogP contribution in [-0.2, 0) is 5.41 Å². The van der Waals surface area contributed by atoms with Crippen LogP contribution in [0.25, 0.3) is 49.4 Å². The van der Waals surface area contributed by atoms with Gasteiger partial charge < -0.3 is 4.74 Å². The second kappa shape index (κ2) is 10.3. The second-order valence-corrected chi connectivity index (χ2v) is 12.0. The molecule has 0 aromatic heterocycles. The van der Waals surface area contributed by atoms with Gasteiger partial charge in [0.2, 0.25) is 0 Å². The largest absolute Gasteiger partial charge is 0.456 e. The summed E-state index contributed by atoms with van der Waals surface area (Å²) in [6.07, 6.45) is 8.27. The molecular weight excluding hydrogens is 556 g/mol. The Labute approximate surface area is 269 Å². The van der Waals surface area contributed by atoms with Crippen molar-refractivity contribution in [2.75, 3.05) is 0 Å². The molecule has 0 saturated heterocycles. The average molecular weight is 587 g/mol. The van der Waals surface area contributed by atoms with Gasteiger partial charge in [0.15, 0.2) is 0 Å². The van der Waals surface area contributed by atoms with E-state index in [9.17, 15) is 0 Å². The average Bonchev–Trinajstić information content (AvgIpc) is 3.42. The Morgan fingerprint density at radius 1 is 0.565 bits per heavy atom. The van der Waals surface area contributed by atoms with Crippen molar-refractivity contribution in [3.63, 3.8) is 0 Å². The van der Waals surface area contributed by atoms with E-state index in [-0.39, 0.29) is 0 Å². The Morgan fingerprint density at radius 2 is 1.33 bits per heavy atom. The van der Waals surface area contributed by atoms with Gasteiger partial charge in [-0.3, -0.25) is 0 Å². The van der Waals surface area contributed by atoms with E-state index in [1.807, 2.05) is 12.2 Å². The van der Waals surface area contributed by atoms with Crippen LogP contribution in [0.1, 0.15) is 22.3 Å². The molecule has 1 atom stereocenters. The highest BCUT2D eigenvalue weighted by molar-refractivity contribution is 6.08. The first-order valence-corrected chi connectivity index (χ1v) is 15.8. The fourth-order valence-electron chi connectivity index (χ4n) is 7.89. The summed E-state index contributed by atoms with van der Waals surface area (Å²) in [5, 5.41) is 4.86. The van der Waals surface area contributed by atoms with Crippen molar-refractivity contribution in [3.8, 4) is 33.8 Å². The minimum absolute atomic E-state index is 0.573. The smallest absolute Gasteiger partial charge is 0.135 e. The molecule has 1 nitrogen and oxygen atoms in total. The molecule has 0 fully saturated rings. The lowest BCUT2D eigenvalue weighted by Gasteiger charge is -2.36. The van der Waals surface area contributed by atoms with Gasteiger partial charge in [0, 0.05) is 10.9 Å². The zero-order valence-electron chi connectivity index (χ0n) is 25.3. The van der Waals surface area contributed by atoms with E-state index < -0.39 is 5.41 Å². The third kappa shape index (κ3) is 3.69. The maximum atomic E-state index is 6.53. The van der Waals surface area contributed by atoms with Gasteiger partial charge in [-0.1, -0.05) is 158 Å². The van der Waals surface area contributed by atoms with E-state index in [0.29, 0.717) is 0 Å². The number of fused-ring (bicyclic) bond motifs is 7. The molecule has 1 heterocycles. The van der Waals surface area contributed by atoms with Crippen LogP contribution in [-0.4, -0.2) is 0 Å². The molecule has 0 bridgehead atoms. The van der Waals surface area contributed by atoms with E-state index in [4.69, 9.17) is 4.74 Å². The fourth-order valence-corrected chi connectivity index (χ4v) is 7.89. The minimum atomic E-state index is -0.573. The molecule has 7 aromatic rings. The molecule has 0 spiro atoms. The summed E-state index contributed by atoms with van der Waals surface area (Å²) in [6.45, 7) is 3.98. The fraction of sp³-hybridized carbons (Fsp3) is 0.0222. The number of ether oxygens (including phenoxy) is 1. The van der Waals surface area contributed by atoms with Crippen molar-refractivity contribution in [2.45, 2.75) is 5.41 Å². The predicted molar refractivity (Wildman–Crippen MR) is 192 cm³/mol. The van der Waals surface area contributed by atoms with E-state index in [1.165, 1.54) is 55.1 Å². The first kappa shape index (κ1) is 26.5. The number of hydrogen-bond donors (Lipinski definition) is 0. The van der Waals surface area contributed by atoms with Crippen molar-refractivity contribution in [2.24, 2.45) is 0 Å². The highest BCUT2D eigenvalue weighted by Gasteiger charge is 2.48. The molecule has 0 saturated carbocycles. The first-order valence-electron chi connectivity index (χ1n) is 15.8. The van der Waals surface area contributed by atoms with E-state index in [1.54, 1.807) is 0 Å². The molecule has 9 rings (SSSR count). The van der Waals surface area contributed by atoms with Crippen LogP contribution in [0.2, 0.25) is 0 Å². The summed E-state index contributed by atoms with van der Waals surface area (Å²) in [6, 6.07) is 52.9. The van der Waals surface area contributed by atoms with Gasteiger partial charge >= 0.3 is 0 Å². The zero-order valence-corrected chi connectivity index (χ0v) is 25.3. The van der Waals surface area contributed by atoms with Gasteiger partial charge in [0.1, 0.15) is 11.5 Å². The predicted octanol–water partition coefficient (Wildman–Crippen LogP) is 11.9. The summed E-state index contributed by atoms with van der Waals surface area (Å²) in [5.74, 6) is 1.78. The molecule has 2 aliphatic rings. The van der Waals surface area contributed by atoms with E-state index in [2.05, 4.69) is 164 Å². The van der Waals surface area contributed by atoms with Crippen molar-refractivity contribution in [3.05, 3.63) is 199 Å². The van der Waals surface area contributed by atoms with Crippen LogP contribution >= 0.6 is 0 Å². The Balaban J connectivity index is 1.40. The van der Waals surface area contributed by atoms with Gasteiger partial charge in [-0.15, -0.1) is 0 Å². The van der Waals surface area contributed by atoms with Crippen LogP contribution in [0.3, 0.4) is 0 Å². The zero-order chi connectivity index (χ0) is 30.7. The summed E-state index contributed by atoms with van der Waals surface area (Å²) < 4.78 is 6.53. The van der Waals surface area contributed by atoms with Crippen molar-refractivity contribution in [1.82, 2.24) is 0 Å². The van der Waals surface area contributed by atoms with Crippen LogP contribution in [0, 0.1) is 0 Å². The molecule has 0 amide bonds. The number of allylic oxidation sites excluding steroid dienone is 5. The molecule has 216 valence electrons. The van der Waals surface area contributed by atoms with E-state index >= 15 is 0 Å². The van der Waals surface area contributed by atoms with Crippen LogP contribution in [0.15, 0.2) is 176 Å².